The number of hydrogen-bond donors (Lipinski definition) is 2. The van der Waals surface area contributed by atoms with E-state index >= 15 is 4.39 Å². The van der Waals surface area contributed by atoms with Gasteiger partial charge in [0.25, 0.3) is 5.91 Å². The smallest absolute Gasteiger partial charge is 0.412 e. The maximum absolute atomic E-state index is 15.0. The van der Waals surface area contributed by atoms with Gasteiger partial charge in [-0.1, -0.05) is 42.5 Å². The molecule has 6 nitrogen and oxygen atoms in total. The lowest BCUT2D eigenvalue weighted by molar-refractivity contribution is -0.122. The summed E-state index contributed by atoms with van der Waals surface area (Å²) in [7, 11) is 0. The van der Waals surface area contributed by atoms with E-state index in [-0.39, 0.29) is 5.56 Å². The Hall–Kier alpha value is -3.85. The van der Waals surface area contributed by atoms with E-state index in [4.69, 9.17) is 10.6 Å². The lowest BCUT2D eigenvalue weighted by Gasteiger charge is -2.36. The van der Waals surface area contributed by atoms with E-state index in [9.17, 15) is 18.4 Å². The Morgan fingerprint density at radius 3 is 1.97 bits per heavy atom. The summed E-state index contributed by atoms with van der Waals surface area (Å²) in [6, 6.07) is 14.8. The number of rotatable bonds is 5. The van der Waals surface area contributed by atoms with Crippen LogP contribution in [0, 0.1) is 17.5 Å². The fraction of sp³-hybridized carbons (Fsp3) is 0.130. The molecule has 3 aromatic carbocycles. The predicted octanol–water partition coefficient (Wildman–Crippen LogP) is 3.53. The van der Waals surface area contributed by atoms with Crippen LogP contribution in [0.4, 0.5) is 18.0 Å². The van der Waals surface area contributed by atoms with Gasteiger partial charge in [-0.25, -0.2) is 23.8 Å². The minimum absolute atomic E-state index is 0.0526. The van der Waals surface area contributed by atoms with Crippen LogP contribution < -0.4 is 11.3 Å². The molecular formula is C23H18F3N3O3. The largest absolute Gasteiger partial charge is 0.430 e. The standard InChI is InChI=1S/C23H18F3N3O3/c24-16-9-5-14(6-10-16)23(15-7-11-17(25)12-8-15)21(18-3-1-2-4-19(18)26)29(22(31)32-23)13-20(30)28-27/h1-12,21H,13,27H2,(H,28,30). The number of nitrogens with one attached hydrogen (secondary N) is 1. The van der Waals surface area contributed by atoms with Crippen molar-refractivity contribution in [2.24, 2.45) is 5.84 Å². The number of nitrogens with zero attached hydrogens (tertiary/aromatic N) is 1. The molecule has 1 aliphatic rings. The van der Waals surface area contributed by atoms with Crippen molar-refractivity contribution in [1.29, 1.82) is 0 Å². The number of carbonyl (C=O) groups is 2. The molecule has 32 heavy (non-hydrogen) atoms. The second kappa shape index (κ2) is 8.35. The third-order valence-electron chi connectivity index (χ3n) is 5.40. The van der Waals surface area contributed by atoms with E-state index in [1.54, 1.807) is 6.07 Å². The second-order valence-electron chi connectivity index (χ2n) is 7.24. The molecule has 164 valence electrons. The molecule has 4 rings (SSSR count). The summed E-state index contributed by atoms with van der Waals surface area (Å²) in [5.74, 6) is 2.77. The monoisotopic (exact) mass is 441 g/mol. The molecule has 1 fully saturated rings. The van der Waals surface area contributed by atoms with Gasteiger partial charge in [-0.15, -0.1) is 0 Å². The molecule has 9 heteroatoms. The zero-order valence-electron chi connectivity index (χ0n) is 16.6. The molecule has 1 unspecified atom stereocenters. The SMILES string of the molecule is NNC(=O)CN1C(=O)OC(c2ccc(F)cc2)(c2ccc(F)cc2)C1c1ccccc1F. The minimum Gasteiger partial charge on any atom is -0.430 e. The summed E-state index contributed by atoms with van der Waals surface area (Å²) in [5, 5.41) is 0. The molecule has 1 aliphatic heterocycles. The first-order valence-corrected chi connectivity index (χ1v) is 9.62. The van der Waals surface area contributed by atoms with Crippen LogP contribution in [0.5, 0.6) is 0 Å². The molecule has 1 atom stereocenters. The van der Waals surface area contributed by atoms with Crippen molar-refractivity contribution < 1.29 is 27.5 Å². The summed E-state index contributed by atoms with van der Waals surface area (Å²) < 4.78 is 48.3. The van der Waals surface area contributed by atoms with E-state index in [0.717, 1.165) is 4.90 Å². The topological polar surface area (TPSA) is 84.7 Å². The molecule has 3 aromatic rings. The number of benzene rings is 3. The molecule has 1 heterocycles. The van der Waals surface area contributed by atoms with Gasteiger partial charge >= 0.3 is 6.09 Å². The number of halogens is 3. The third kappa shape index (κ3) is 3.56. The Morgan fingerprint density at radius 2 is 1.47 bits per heavy atom. The fourth-order valence-electron chi connectivity index (χ4n) is 4.01. The van der Waals surface area contributed by atoms with Crippen molar-refractivity contribution >= 4 is 12.0 Å². The van der Waals surface area contributed by atoms with Gasteiger partial charge in [0.05, 0.1) is 0 Å². The van der Waals surface area contributed by atoms with Gasteiger partial charge in [0.15, 0.2) is 5.60 Å². The summed E-state index contributed by atoms with van der Waals surface area (Å²) in [6.45, 7) is -0.529. The molecule has 3 N–H and O–H groups in total. The number of hydrogen-bond acceptors (Lipinski definition) is 4. The van der Waals surface area contributed by atoms with E-state index < -0.39 is 47.6 Å². The summed E-state index contributed by atoms with van der Waals surface area (Å²) >= 11 is 0. The fourth-order valence-corrected chi connectivity index (χ4v) is 4.01. The first kappa shape index (κ1) is 21.4. The van der Waals surface area contributed by atoms with Crippen molar-refractivity contribution in [1.82, 2.24) is 10.3 Å². The molecule has 2 amide bonds. The highest BCUT2D eigenvalue weighted by atomic mass is 19.1. The van der Waals surface area contributed by atoms with E-state index in [2.05, 4.69) is 0 Å². The van der Waals surface area contributed by atoms with Gasteiger partial charge < -0.3 is 4.74 Å². The van der Waals surface area contributed by atoms with Gasteiger partial charge in [-0.2, -0.15) is 0 Å². The van der Waals surface area contributed by atoms with Crippen molar-refractivity contribution in [3.8, 4) is 0 Å². The molecular weight excluding hydrogens is 423 g/mol. The average molecular weight is 441 g/mol. The van der Waals surface area contributed by atoms with Crippen LogP contribution in [0.25, 0.3) is 0 Å². The van der Waals surface area contributed by atoms with E-state index in [1.165, 1.54) is 66.7 Å². The number of ether oxygens (including phenoxy) is 1. The van der Waals surface area contributed by atoms with Gasteiger partial charge in [0, 0.05) is 16.7 Å². The number of nitrogens with two attached hydrogens (primary N) is 1. The molecule has 0 spiro atoms. The highest BCUT2D eigenvalue weighted by Crippen LogP contribution is 2.52. The van der Waals surface area contributed by atoms with Crippen LogP contribution in [-0.2, 0) is 15.1 Å². The minimum atomic E-state index is -1.71. The van der Waals surface area contributed by atoms with Crippen molar-refractivity contribution in [2.75, 3.05) is 6.54 Å². The lowest BCUT2D eigenvalue weighted by Crippen LogP contribution is -2.44. The number of carbonyl (C=O) groups excluding carboxylic acids is 2. The Bertz CT molecular complexity index is 1110. The molecule has 0 radical (unpaired) electrons. The zero-order valence-corrected chi connectivity index (χ0v) is 16.6. The van der Waals surface area contributed by atoms with Crippen LogP contribution in [0.15, 0.2) is 72.8 Å². The van der Waals surface area contributed by atoms with Crippen LogP contribution in [0.3, 0.4) is 0 Å². The van der Waals surface area contributed by atoms with Gasteiger partial charge in [-0.05, 0) is 30.3 Å². The van der Waals surface area contributed by atoms with Crippen LogP contribution in [0.1, 0.15) is 22.7 Å². The van der Waals surface area contributed by atoms with Crippen LogP contribution in [0.2, 0.25) is 0 Å². The summed E-state index contributed by atoms with van der Waals surface area (Å²) in [6.07, 6.45) is -0.921. The first-order chi connectivity index (χ1) is 15.4. The maximum Gasteiger partial charge on any atom is 0.412 e. The molecule has 0 aliphatic carbocycles. The maximum atomic E-state index is 15.0. The Labute approximate surface area is 181 Å². The first-order valence-electron chi connectivity index (χ1n) is 9.62. The molecule has 1 saturated heterocycles. The van der Waals surface area contributed by atoms with Crippen LogP contribution >= 0.6 is 0 Å². The lowest BCUT2D eigenvalue weighted by atomic mass is 9.77. The molecule has 0 aromatic heterocycles. The Kier molecular flexibility index (Phi) is 5.58. The number of amides is 2. The predicted molar refractivity (Wildman–Crippen MR) is 108 cm³/mol. The molecule has 0 bridgehead atoms. The Balaban J connectivity index is 2.02. The second-order valence-corrected chi connectivity index (χ2v) is 7.24. The summed E-state index contributed by atoms with van der Waals surface area (Å²) in [4.78, 5) is 26.1. The van der Waals surface area contributed by atoms with Crippen molar-refractivity contribution in [3.05, 3.63) is 107 Å². The van der Waals surface area contributed by atoms with Crippen molar-refractivity contribution in [3.63, 3.8) is 0 Å². The van der Waals surface area contributed by atoms with Gasteiger partial charge in [0.2, 0.25) is 0 Å². The van der Waals surface area contributed by atoms with E-state index in [0.29, 0.717) is 11.1 Å². The van der Waals surface area contributed by atoms with Crippen molar-refractivity contribution in [2.45, 2.75) is 11.6 Å². The number of cyclic esters (lactones) is 1. The summed E-state index contributed by atoms with van der Waals surface area (Å²) in [5.41, 5.74) is 0.896. The van der Waals surface area contributed by atoms with Crippen LogP contribution in [-0.4, -0.2) is 23.4 Å². The highest BCUT2D eigenvalue weighted by molar-refractivity contribution is 5.84. The average Bonchev–Trinajstić information content (AvgIpc) is 3.07. The molecule has 0 saturated carbocycles. The normalized spacial score (nSPS) is 17.2. The third-order valence-corrected chi connectivity index (χ3v) is 5.40. The van der Waals surface area contributed by atoms with E-state index in [1.807, 2.05) is 5.43 Å². The van der Waals surface area contributed by atoms with Gasteiger partial charge in [0.1, 0.15) is 30.0 Å². The highest BCUT2D eigenvalue weighted by Gasteiger charge is 2.58. The zero-order chi connectivity index (χ0) is 22.9. The van der Waals surface area contributed by atoms with Gasteiger partial charge in [-0.3, -0.25) is 15.1 Å². The Morgan fingerprint density at radius 1 is 0.938 bits per heavy atom. The quantitative estimate of drug-likeness (QED) is 0.361. The number of hydrazine groups is 1.